The van der Waals surface area contributed by atoms with Gasteiger partial charge in [-0.15, -0.1) is 0 Å². The molecule has 5 heteroatoms. The summed E-state index contributed by atoms with van der Waals surface area (Å²) in [6.45, 7) is 4.33. The Kier molecular flexibility index (Phi) is 4.01. The van der Waals surface area contributed by atoms with Crippen LogP contribution in [0.4, 0.5) is 0 Å². The lowest BCUT2D eigenvalue weighted by molar-refractivity contribution is -0.262. The first-order chi connectivity index (χ1) is 11.7. The number of aliphatic hydroxyl groups excluding tert-OH is 1. The minimum atomic E-state index is -1.26. The van der Waals surface area contributed by atoms with Crippen LogP contribution in [-0.4, -0.2) is 28.5 Å². The van der Waals surface area contributed by atoms with E-state index in [9.17, 15) is 10.2 Å². The number of fused-ring (bicyclic) bond motifs is 3. The molecule has 0 unspecified atom stereocenters. The third-order valence-corrected chi connectivity index (χ3v) is 7.10. The Hall–Kier alpha value is -1.00. The molecule has 3 saturated carbocycles. The van der Waals surface area contributed by atoms with E-state index in [2.05, 4.69) is 13.8 Å². The molecule has 0 saturated heterocycles. The van der Waals surface area contributed by atoms with E-state index in [4.69, 9.17) is 27.9 Å². The Morgan fingerprint density at radius 2 is 1.80 bits per heavy atom. The summed E-state index contributed by atoms with van der Waals surface area (Å²) in [4.78, 5) is 0. The zero-order chi connectivity index (χ0) is 18.0. The van der Waals surface area contributed by atoms with Gasteiger partial charge >= 0.3 is 0 Å². The average Bonchev–Trinajstić information content (AvgIpc) is 2.56. The highest BCUT2D eigenvalue weighted by Gasteiger charge is 2.64. The highest BCUT2D eigenvalue weighted by Crippen LogP contribution is 2.62. The summed E-state index contributed by atoms with van der Waals surface area (Å²) in [6.07, 6.45) is 0.763. The summed E-state index contributed by atoms with van der Waals surface area (Å²) in [6, 6.07) is 9.26. The van der Waals surface area contributed by atoms with Gasteiger partial charge < -0.3 is 14.9 Å². The molecule has 0 aliphatic heterocycles. The van der Waals surface area contributed by atoms with Gasteiger partial charge in [-0.05, 0) is 36.2 Å². The molecule has 25 heavy (non-hydrogen) atoms. The van der Waals surface area contributed by atoms with Crippen molar-refractivity contribution in [2.45, 2.75) is 38.4 Å². The molecular formula is C20H22Cl2O3. The molecule has 0 heterocycles. The molecule has 134 valence electrons. The minimum Gasteiger partial charge on any atom is -0.488 e. The van der Waals surface area contributed by atoms with Gasteiger partial charge in [-0.25, -0.2) is 0 Å². The highest BCUT2D eigenvalue weighted by molar-refractivity contribution is 6.39. The van der Waals surface area contributed by atoms with E-state index in [-0.39, 0.29) is 17.9 Å². The van der Waals surface area contributed by atoms with Crippen LogP contribution in [0.1, 0.15) is 26.7 Å². The van der Waals surface area contributed by atoms with Crippen molar-refractivity contribution in [3.8, 4) is 5.75 Å². The van der Waals surface area contributed by atoms with Gasteiger partial charge in [0.1, 0.15) is 18.0 Å². The summed E-state index contributed by atoms with van der Waals surface area (Å²) in [5, 5.41) is 24.3. The van der Waals surface area contributed by atoms with Gasteiger partial charge in [0, 0.05) is 10.8 Å². The maximum atomic E-state index is 11.2. The monoisotopic (exact) mass is 380 g/mol. The van der Waals surface area contributed by atoms with Gasteiger partial charge in [0.2, 0.25) is 0 Å². The van der Waals surface area contributed by atoms with Crippen LogP contribution in [0.15, 0.2) is 30.3 Å². The SMILES string of the molecule is CC1(C)[C@@H]2C[C@H]1[C@](O)(COc1c(Cl)cc(Cl)c3ccccc13)[C@@H](O)C2. The lowest BCUT2D eigenvalue weighted by Crippen LogP contribution is -2.69. The zero-order valence-corrected chi connectivity index (χ0v) is 15.8. The van der Waals surface area contributed by atoms with Crippen molar-refractivity contribution in [1.82, 2.24) is 0 Å². The van der Waals surface area contributed by atoms with Crippen LogP contribution in [0, 0.1) is 17.3 Å². The van der Waals surface area contributed by atoms with E-state index in [0.717, 1.165) is 17.2 Å². The predicted octanol–water partition coefficient (Wildman–Crippen LogP) is 4.68. The molecule has 5 rings (SSSR count). The van der Waals surface area contributed by atoms with Gasteiger partial charge in [-0.3, -0.25) is 0 Å². The first kappa shape index (κ1) is 17.4. The Bertz CT molecular complexity index is 835. The summed E-state index contributed by atoms with van der Waals surface area (Å²) in [5.41, 5.74) is -1.24. The van der Waals surface area contributed by atoms with E-state index in [1.165, 1.54) is 0 Å². The summed E-state index contributed by atoms with van der Waals surface area (Å²) in [5.74, 6) is 0.986. The third-order valence-electron chi connectivity index (χ3n) is 6.51. The molecule has 0 radical (unpaired) electrons. The van der Waals surface area contributed by atoms with Crippen LogP contribution in [0.2, 0.25) is 10.0 Å². The molecular weight excluding hydrogens is 359 g/mol. The van der Waals surface area contributed by atoms with Crippen LogP contribution in [0.5, 0.6) is 5.75 Å². The average molecular weight is 381 g/mol. The van der Waals surface area contributed by atoms with E-state index < -0.39 is 11.7 Å². The number of rotatable bonds is 3. The smallest absolute Gasteiger partial charge is 0.145 e. The number of hydrogen-bond acceptors (Lipinski definition) is 3. The van der Waals surface area contributed by atoms with Crippen molar-refractivity contribution in [2.24, 2.45) is 17.3 Å². The summed E-state index contributed by atoms with van der Waals surface area (Å²) in [7, 11) is 0. The lowest BCUT2D eigenvalue weighted by atomic mass is 9.43. The normalized spacial score (nSPS) is 33.1. The topological polar surface area (TPSA) is 49.7 Å². The van der Waals surface area contributed by atoms with Crippen LogP contribution in [0.25, 0.3) is 10.8 Å². The molecule has 0 amide bonds. The van der Waals surface area contributed by atoms with Crippen LogP contribution < -0.4 is 4.74 Å². The first-order valence-electron chi connectivity index (χ1n) is 8.65. The molecule has 2 N–H and O–H groups in total. The number of ether oxygens (including phenoxy) is 1. The largest absolute Gasteiger partial charge is 0.488 e. The molecule has 4 atom stereocenters. The van der Waals surface area contributed by atoms with Gasteiger partial charge in [-0.2, -0.15) is 0 Å². The standard InChI is InChI=1S/C20H22Cl2O3/c1-19(2)11-7-16(19)20(24,17(23)8-11)10-25-18-13-6-4-3-5-12(13)14(21)9-15(18)22/h3-6,9,11,16-17,23-24H,7-8,10H2,1-2H3/t11-,16-,17+,20-/m1/s1. The minimum absolute atomic E-state index is 0.0142. The van der Waals surface area contributed by atoms with E-state index in [0.29, 0.717) is 28.1 Å². The van der Waals surface area contributed by atoms with Crippen molar-refractivity contribution in [3.05, 3.63) is 40.4 Å². The molecule has 3 aliphatic carbocycles. The molecule has 0 spiro atoms. The Morgan fingerprint density at radius 3 is 2.48 bits per heavy atom. The van der Waals surface area contributed by atoms with Crippen molar-refractivity contribution in [2.75, 3.05) is 6.61 Å². The molecule has 3 nitrogen and oxygen atoms in total. The molecule has 2 aromatic carbocycles. The fourth-order valence-electron chi connectivity index (χ4n) is 4.77. The fraction of sp³-hybridized carbons (Fsp3) is 0.500. The van der Waals surface area contributed by atoms with Crippen LogP contribution >= 0.6 is 23.2 Å². The van der Waals surface area contributed by atoms with E-state index in [1.54, 1.807) is 6.07 Å². The van der Waals surface area contributed by atoms with E-state index >= 15 is 0 Å². The third kappa shape index (κ3) is 2.48. The van der Waals surface area contributed by atoms with Gasteiger partial charge in [0.15, 0.2) is 0 Å². The Morgan fingerprint density at radius 1 is 1.12 bits per heavy atom. The second-order valence-electron chi connectivity index (χ2n) is 8.05. The predicted molar refractivity (Wildman–Crippen MR) is 100 cm³/mol. The van der Waals surface area contributed by atoms with Crippen LogP contribution in [0.3, 0.4) is 0 Å². The molecule has 3 aliphatic rings. The molecule has 3 fully saturated rings. The highest BCUT2D eigenvalue weighted by atomic mass is 35.5. The Labute approximate surface area is 157 Å². The van der Waals surface area contributed by atoms with Gasteiger partial charge in [0.25, 0.3) is 0 Å². The zero-order valence-electron chi connectivity index (χ0n) is 14.3. The lowest BCUT2D eigenvalue weighted by Gasteiger charge is -2.64. The van der Waals surface area contributed by atoms with Crippen LogP contribution in [-0.2, 0) is 0 Å². The van der Waals surface area contributed by atoms with Gasteiger partial charge in [-0.1, -0.05) is 61.3 Å². The van der Waals surface area contributed by atoms with Crippen molar-refractivity contribution < 1.29 is 14.9 Å². The van der Waals surface area contributed by atoms with Crippen molar-refractivity contribution >= 4 is 34.0 Å². The molecule has 2 bridgehead atoms. The number of benzene rings is 2. The fourth-order valence-corrected chi connectivity index (χ4v) is 5.37. The van der Waals surface area contributed by atoms with Crippen molar-refractivity contribution in [3.63, 3.8) is 0 Å². The number of halogens is 2. The summed E-state index contributed by atoms with van der Waals surface area (Å²) >= 11 is 12.6. The Balaban J connectivity index is 1.67. The number of hydrogen-bond donors (Lipinski definition) is 2. The molecule has 2 aromatic rings. The maximum Gasteiger partial charge on any atom is 0.145 e. The van der Waals surface area contributed by atoms with Crippen molar-refractivity contribution in [1.29, 1.82) is 0 Å². The first-order valence-corrected chi connectivity index (χ1v) is 9.40. The maximum absolute atomic E-state index is 11.2. The number of aliphatic hydroxyl groups is 2. The quantitative estimate of drug-likeness (QED) is 0.812. The summed E-state index contributed by atoms with van der Waals surface area (Å²) < 4.78 is 6.01. The second kappa shape index (κ2) is 5.75. The molecule has 0 aromatic heterocycles. The van der Waals surface area contributed by atoms with Gasteiger partial charge in [0.05, 0.1) is 16.1 Å². The van der Waals surface area contributed by atoms with E-state index in [1.807, 2.05) is 24.3 Å². The second-order valence-corrected chi connectivity index (χ2v) is 8.87.